The fourth-order valence-electron chi connectivity index (χ4n) is 3.32. The molecule has 0 aliphatic carbocycles. The van der Waals surface area contributed by atoms with Crippen molar-refractivity contribution in [3.05, 3.63) is 35.9 Å². The molecule has 116 valence electrons. The second-order valence-corrected chi connectivity index (χ2v) is 5.84. The summed E-state index contributed by atoms with van der Waals surface area (Å²) >= 11 is 0. The van der Waals surface area contributed by atoms with Gasteiger partial charge in [0.25, 0.3) is 5.91 Å². The summed E-state index contributed by atoms with van der Waals surface area (Å²) < 4.78 is 5.17. The summed E-state index contributed by atoms with van der Waals surface area (Å²) in [6.45, 7) is 3.93. The van der Waals surface area contributed by atoms with Gasteiger partial charge in [-0.15, -0.1) is 0 Å². The fraction of sp³-hybridized carbons (Fsp3) is 0.438. The summed E-state index contributed by atoms with van der Waals surface area (Å²) in [5.41, 5.74) is 0.235. The van der Waals surface area contributed by atoms with E-state index < -0.39 is 17.7 Å². The second kappa shape index (κ2) is 5.12. The number of likely N-dealkylation sites (tertiary alicyclic amines) is 1. The number of rotatable bonds is 4. The van der Waals surface area contributed by atoms with E-state index >= 15 is 0 Å². The quantitative estimate of drug-likeness (QED) is 0.627. The molecule has 2 aliphatic heterocycles. The standard InChI is InChI=1S/C16H18N2O4/c1-3-16(2)13(14(20)17(16)10-19)18-12(9-22-15(18)21)11-7-5-4-6-8-11/h4-8,10,12-13H,3,9H2,1-2H3/t12-,13-,16-/m1/s1. The Hall–Kier alpha value is -2.37. The largest absolute Gasteiger partial charge is 0.447 e. The molecule has 3 amide bonds. The van der Waals surface area contributed by atoms with Crippen LogP contribution in [0.1, 0.15) is 31.9 Å². The predicted octanol–water partition coefficient (Wildman–Crippen LogP) is 1.72. The summed E-state index contributed by atoms with van der Waals surface area (Å²) in [5, 5.41) is 0. The molecule has 2 saturated heterocycles. The Balaban J connectivity index is 1.96. The summed E-state index contributed by atoms with van der Waals surface area (Å²) in [6, 6.07) is 8.51. The van der Waals surface area contributed by atoms with Crippen LogP contribution in [0.4, 0.5) is 4.79 Å². The van der Waals surface area contributed by atoms with Crippen LogP contribution in [0.2, 0.25) is 0 Å². The number of cyclic esters (lactones) is 1. The van der Waals surface area contributed by atoms with Crippen LogP contribution in [0.3, 0.4) is 0 Å². The number of ether oxygens (including phenoxy) is 1. The molecule has 0 bridgehead atoms. The number of amides is 3. The number of nitrogens with zero attached hydrogens (tertiary/aromatic N) is 2. The van der Waals surface area contributed by atoms with Gasteiger partial charge >= 0.3 is 6.09 Å². The molecular weight excluding hydrogens is 284 g/mol. The molecule has 6 heteroatoms. The van der Waals surface area contributed by atoms with Gasteiger partial charge in [0.05, 0.1) is 11.6 Å². The zero-order chi connectivity index (χ0) is 15.9. The number of hydrogen-bond acceptors (Lipinski definition) is 4. The molecule has 2 aliphatic rings. The summed E-state index contributed by atoms with van der Waals surface area (Å²) in [4.78, 5) is 38.3. The Kier molecular flexibility index (Phi) is 3.39. The normalized spacial score (nSPS) is 31.0. The highest BCUT2D eigenvalue weighted by molar-refractivity contribution is 6.01. The zero-order valence-corrected chi connectivity index (χ0v) is 12.6. The molecule has 22 heavy (non-hydrogen) atoms. The summed E-state index contributed by atoms with van der Waals surface area (Å²) in [7, 11) is 0. The average Bonchev–Trinajstić information content (AvgIpc) is 2.90. The average molecular weight is 302 g/mol. The van der Waals surface area contributed by atoms with Crippen molar-refractivity contribution in [2.45, 2.75) is 37.9 Å². The Labute approximate surface area is 128 Å². The highest BCUT2D eigenvalue weighted by Gasteiger charge is 2.62. The summed E-state index contributed by atoms with van der Waals surface area (Å²) in [5.74, 6) is -0.348. The molecule has 6 nitrogen and oxygen atoms in total. The van der Waals surface area contributed by atoms with Crippen LogP contribution in [0.25, 0.3) is 0 Å². The number of hydrogen-bond donors (Lipinski definition) is 0. The lowest BCUT2D eigenvalue weighted by atomic mass is 9.77. The molecule has 1 aromatic rings. The van der Waals surface area contributed by atoms with Gasteiger partial charge in [0.1, 0.15) is 12.6 Å². The van der Waals surface area contributed by atoms with Crippen LogP contribution in [0, 0.1) is 0 Å². The maximum atomic E-state index is 12.3. The van der Waals surface area contributed by atoms with Gasteiger partial charge in [0.2, 0.25) is 6.41 Å². The number of benzene rings is 1. The molecule has 1 aromatic carbocycles. The van der Waals surface area contributed by atoms with Gasteiger partial charge in [-0.1, -0.05) is 37.3 Å². The monoisotopic (exact) mass is 302 g/mol. The highest BCUT2D eigenvalue weighted by Crippen LogP contribution is 2.43. The number of carbonyl (C=O) groups excluding carboxylic acids is 3. The van der Waals surface area contributed by atoms with Gasteiger partial charge < -0.3 is 4.74 Å². The molecule has 2 fully saturated rings. The minimum absolute atomic E-state index is 0.216. The lowest BCUT2D eigenvalue weighted by molar-refractivity contribution is -0.173. The molecule has 0 saturated carbocycles. The first-order valence-electron chi connectivity index (χ1n) is 7.33. The lowest BCUT2D eigenvalue weighted by Crippen LogP contribution is -2.77. The highest BCUT2D eigenvalue weighted by atomic mass is 16.6. The van der Waals surface area contributed by atoms with E-state index in [1.807, 2.05) is 44.2 Å². The number of β-lactam (4-membered cyclic amide) rings is 1. The molecular formula is C16H18N2O4. The van der Waals surface area contributed by atoms with Crippen LogP contribution in [-0.2, 0) is 14.3 Å². The van der Waals surface area contributed by atoms with E-state index in [2.05, 4.69) is 0 Å². The topological polar surface area (TPSA) is 66.9 Å². The third kappa shape index (κ3) is 1.83. The minimum Gasteiger partial charge on any atom is -0.447 e. The first-order valence-corrected chi connectivity index (χ1v) is 7.33. The van der Waals surface area contributed by atoms with Crippen molar-refractivity contribution in [1.82, 2.24) is 9.80 Å². The molecule has 3 rings (SSSR count). The van der Waals surface area contributed by atoms with Crippen LogP contribution in [-0.4, -0.2) is 46.4 Å². The zero-order valence-electron chi connectivity index (χ0n) is 12.6. The third-order valence-electron chi connectivity index (χ3n) is 4.81. The van der Waals surface area contributed by atoms with Crippen LogP contribution in [0.15, 0.2) is 30.3 Å². The molecule has 3 atom stereocenters. The molecule has 0 spiro atoms. The molecule has 2 heterocycles. The van der Waals surface area contributed by atoms with Crippen molar-refractivity contribution in [2.75, 3.05) is 6.61 Å². The summed E-state index contributed by atoms with van der Waals surface area (Å²) in [6.07, 6.45) is 0.617. The van der Waals surface area contributed by atoms with Crippen LogP contribution >= 0.6 is 0 Å². The maximum Gasteiger partial charge on any atom is 0.411 e. The van der Waals surface area contributed by atoms with Crippen molar-refractivity contribution in [1.29, 1.82) is 0 Å². The van der Waals surface area contributed by atoms with Crippen molar-refractivity contribution in [3.63, 3.8) is 0 Å². The Bertz CT molecular complexity index is 618. The molecule has 0 aromatic heterocycles. The van der Waals surface area contributed by atoms with Crippen molar-refractivity contribution < 1.29 is 19.1 Å². The lowest BCUT2D eigenvalue weighted by Gasteiger charge is -2.55. The second-order valence-electron chi connectivity index (χ2n) is 5.84. The first-order chi connectivity index (χ1) is 10.5. The van der Waals surface area contributed by atoms with E-state index in [1.54, 1.807) is 0 Å². The SMILES string of the molecule is CC[C@]1(C)[C@H](N2C(=O)OC[C@@H]2c2ccccc2)C(=O)N1C=O. The van der Waals surface area contributed by atoms with Crippen molar-refractivity contribution >= 4 is 18.4 Å². The van der Waals surface area contributed by atoms with E-state index in [4.69, 9.17) is 4.74 Å². The Morgan fingerprint density at radius 3 is 2.59 bits per heavy atom. The van der Waals surface area contributed by atoms with Gasteiger partial charge in [-0.25, -0.2) is 4.79 Å². The Morgan fingerprint density at radius 1 is 1.32 bits per heavy atom. The third-order valence-corrected chi connectivity index (χ3v) is 4.81. The fourth-order valence-corrected chi connectivity index (χ4v) is 3.32. The van der Waals surface area contributed by atoms with Crippen molar-refractivity contribution in [3.8, 4) is 0 Å². The number of imide groups is 1. The van der Waals surface area contributed by atoms with E-state index in [-0.39, 0.29) is 18.6 Å². The van der Waals surface area contributed by atoms with Gasteiger partial charge in [-0.3, -0.25) is 19.4 Å². The van der Waals surface area contributed by atoms with E-state index in [0.29, 0.717) is 12.8 Å². The van der Waals surface area contributed by atoms with Crippen molar-refractivity contribution in [2.24, 2.45) is 0 Å². The first kappa shape index (κ1) is 14.6. The van der Waals surface area contributed by atoms with Gasteiger partial charge in [0, 0.05) is 0 Å². The molecule has 0 radical (unpaired) electrons. The molecule has 0 N–H and O–H groups in total. The van der Waals surface area contributed by atoms with Crippen LogP contribution in [0.5, 0.6) is 0 Å². The predicted molar refractivity (Wildman–Crippen MR) is 77.8 cm³/mol. The van der Waals surface area contributed by atoms with Crippen LogP contribution < -0.4 is 0 Å². The van der Waals surface area contributed by atoms with Gasteiger partial charge in [-0.05, 0) is 18.9 Å². The maximum absolute atomic E-state index is 12.3. The van der Waals surface area contributed by atoms with E-state index in [9.17, 15) is 14.4 Å². The minimum atomic E-state index is -0.685. The number of carbonyl (C=O) groups is 3. The van der Waals surface area contributed by atoms with E-state index in [0.717, 1.165) is 5.56 Å². The van der Waals surface area contributed by atoms with E-state index in [1.165, 1.54) is 9.80 Å². The molecule has 0 unspecified atom stereocenters. The van der Waals surface area contributed by atoms with Gasteiger partial charge in [-0.2, -0.15) is 0 Å². The van der Waals surface area contributed by atoms with Gasteiger partial charge in [0.15, 0.2) is 0 Å². The Morgan fingerprint density at radius 2 is 2.00 bits per heavy atom. The smallest absolute Gasteiger partial charge is 0.411 e.